The van der Waals surface area contributed by atoms with Crippen molar-refractivity contribution >= 4 is 17.7 Å². The number of anilines is 1. The van der Waals surface area contributed by atoms with Crippen LogP contribution in [0.4, 0.5) is 5.69 Å². The zero-order chi connectivity index (χ0) is 20.3. The molecule has 148 valence electrons. The van der Waals surface area contributed by atoms with E-state index in [-0.39, 0.29) is 11.3 Å². The molecule has 2 aromatic carbocycles. The van der Waals surface area contributed by atoms with Gasteiger partial charge in [0.15, 0.2) is 0 Å². The van der Waals surface area contributed by atoms with Crippen LogP contribution in [-0.4, -0.2) is 37.0 Å². The summed E-state index contributed by atoms with van der Waals surface area (Å²) in [6, 6.07) is 14.9. The number of hydrogen-bond acceptors (Lipinski definition) is 2. The zero-order valence-electron chi connectivity index (χ0n) is 17.8. The maximum Gasteiger partial charge on any atom is 0.246 e. The van der Waals surface area contributed by atoms with Crippen molar-refractivity contribution in [3.8, 4) is 0 Å². The Morgan fingerprint density at radius 2 is 1.57 bits per heavy atom. The number of aryl methyl sites for hydroxylation is 1. The number of rotatable bonds is 3. The van der Waals surface area contributed by atoms with Crippen molar-refractivity contribution in [2.45, 2.75) is 40.0 Å². The molecule has 0 unspecified atom stereocenters. The molecule has 2 aromatic rings. The Balaban J connectivity index is 1.58. The van der Waals surface area contributed by atoms with Crippen molar-refractivity contribution in [1.29, 1.82) is 0 Å². The highest BCUT2D eigenvalue weighted by Gasteiger charge is 2.21. The normalized spacial score (nSPS) is 15.3. The first kappa shape index (κ1) is 20.2. The van der Waals surface area contributed by atoms with Crippen molar-refractivity contribution in [1.82, 2.24) is 4.90 Å². The van der Waals surface area contributed by atoms with Crippen LogP contribution in [0.2, 0.25) is 0 Å². The van der Waals surface area contributed by atoms with E-state index in [4.69, 9.17) is 0 Å². The summed E-state index contributed by atoms with van der Waals surface area (Å²) in [5, 5.41) is 0. The van der Waals surface area contributed by atoms with Gasteiger partial charge in [-0.3, -0.25) is 4.79 Å². The Morgan fingerprint density at radius 1 is 0.929 bits per heavy atom. The second kappa shape index (κ2) is 8.22. The van der Waals surface area contributed by atoms with Crippen molar-refractivity contribution in [3.63, 3.8) is 0 Å². The van der Waals surface area contributed by atoms with E-state index in [9.17, 15) is 4.79 Å². The summed E-state index contributed by atoms with van der Waals surface area (Å²) in [4.78, 5) is 16.9. The van der Waals surface area contributed by atoms with Crippen LogP contribution < -0.4 is 4.90 Å². The predicted octanol–water partition coefficient (Wildman–Crippen LogP) is 4.96. The van der Waals surface area contributed by atoms with Crippen LogP contribution in [0.3, 0.4) is 0 Å². The summed E-state index contributed by atoms with van der Waals surface area (Å²) in [5.41, 5.74) is 6.46. The maximum atomic E-state index is 12.6. The highest BCUT2D eigenvalue weighted by molar-refractivity contribution is 5.92. The molecular weight excluding hydrogens is 344 g/mol. The van der Waals surface area contributed by atoms with Crippen LogP contribution >= 0.6 is 0 Å². The lowest BCUT2D eigenvalue weighted by Gasteiger charge is -2.36. The number of carbonyl (C=O) groups is 1. The molecule has 0 bridgehead atoms. The summed E-state index contributed by atoms with van der Waals surface area (Å²) in [6.07, 6.45) is 3.63. The lowest BCUT2D eigenvalue weighted by molar-refractivity contribution is -0.126. The molecule has 1 amide bonds. The van der Waals surface area contributed by atoms with Gasteiger partial charge in [-0.2, -0.15) is 0 Å². The van der Waals surface area contributed by atoms with Gasteiger partial charge in [0.05, 0.1) is 0 Å². The molecule has 0 N–H and O–H groups in total. The summed E-state index contributed by atoms with van der Waals surface area (Å²) < 4.78 is 0. The molecule has 28 heavy (non-hydrogen) atoms. The van der Waals surface area contributed by atoms with Crippen LogP contribution in [0.1, 0.15) is 43.0 Å². The topological polar surface area (TPSA) is 23.6 Å². The van der Waals surface area contributed by atoms with E-state index in [0.29, 0.717) is 0 Å². The fourth-order valence-corrected chi connectivity index (χ4v) is 3.61. The Morgan fingerprint density at radius 3 is 2.18 bits per heavy atom. The Kier molecular flexibility index (Phi) is 5.93. The van der Waals surface area contributed by atoms with Crippen LogP contribution in [0.15, 0.2) is 48.5 Å². The van der Waals surface area contributed by atoms with Crippen LogP contribution in [-0.2, 0) is 10.2 Å². The van der Waals surface area contributed by atoms with E-state index in [1.807, 2.05) is 11.0 Å². The van der Waals surface area contributed by atoms with Gasteiger partial charge in [0.2, 0.25) is 5.91 Å². The molecule has 3 nitrogen and oxygen atoms in total. The van der Waals surface area contributed by atoms with Crippen molar-refractivity contribution < 1.29 is 4.79 Å². The maximum absolute atomic E-state index is 12.6. The minimum absolute atomic E-state index is 0.0977. The van der Waals surface area contributed by atoms with Crippen molar-refractivity contribution in [3.05, 3.63) is 70.8 Å². The smallest absolute Gasteiger partial charge is 0.246 e. The average Bonchev–Trinajstić information content (AvgIpc) is 2.68. The molecule has 0 radical (unpaired) electrons. The van der Waals surface area contributed by atoms with Gasteiger partial charge in [0, 0.05) is 37.9 Å². The summed E-state index contributed by atoms with van der Waals surface area (Å²) in [6.45, 7) is 14.2. The SMILES string of the molecule is Cc1cccc(N2CCN(C(=O)C=Cc3ccc(C(C)(C)C)cc3)CC2)c1C. The largest absolute Gasteiger partial charge is 0.368 e. The highest BCUT2D eigenvalue weighted by atomic mass is 16.2. The predicted molar refractivity (Wildman–Crippen MR) is 119 cm³/mol. The third-order valence-electron chi connectivity index (χ3n) is 5.70. The lowest BCUT2D eigenvalue weighted by Crippen LogP contribution is -2.48. The summed E-state index contributed by atoms with van der Waals surface area (Å²) >= 11 is 0. The molecule has 0 saturated carbocycles. The number of piperazine rings is 1. The van der Waals surface area contributed by atoms with Crippen molar-refractivity contribution in [2.24, 2.45) is 0 Å². The standard InChI is InChI=1S/C25H32N2O/c1-19-7-6-8-23(20(19)2)26-15-17-27(18-16-26)24(28)14-11-21-9-12-22(13-10-21)25(3,4)5/h6-14H,15-18H2,1-5H3. The minimum Gasteiger partial charge on any atom is -0.368 e. The molecule has 1 aliphatic rings. The molecule has 1 saturated heterocycles. The lowest BCUT2D eigenvalue weighted by atomic mass is 9.87. The number of amides is 1. The molecule has 1 aliphatic heterocycles. The third-order valence-corrected chi connectivity index (χ3v) is 5.70. The minimum atomic E-state index is 0.0977. The quantitative estimate of drug-likeness (QED) is 0.707. The Bertz CT molecular complexity index is 851. The molecule has 0 aliphatic carbocycles. The molecule has 1 fully saturated rings. The molecule has 1 heterocycles. The summed E-state index contributed by atoms with van der Waals surface area (Å²) in [5.74, 6) is 0.0977. The molecule has 0 atom stereocenters. The first-order chi connectivity index (χ1) is 13.3. The van der Waals surface area contributed by atoms with E-state index in [0.717, 1.165) is 31.7 Å². The first-order valence-electron chi connectivity index (χ1n) is 10.1. The van der Waals surface area contributed by atoms with Gasteiger partial charge in [0.1, 0.15) is 0 Å². The van der Waals surface area contributed by atoms with Crippen LogP contribution in [0.5, 0.6) is 0 Å². The van der Waals surface area contributed by atoms with Gasteiger partial charge in [-0.25, -0.2) is 0 Å². The second-order valence-corrected chi connectivity index (χ2v) is 8.74. The number of hydrogen-bond donors (Lipinski definition) is 0. The highest BCUT2D eigenvalue weighted by Crippen LogP contribution is 2.24. The Hall–Kier alpha value is -2.55. The van der Waals surface area contributed by atoms with Crippen molar-refractivity contribution in [2.75, 3.05) is 31.1 Å². The van der Waals surface area contributed by atoms with Crippen LogP contribution in [0, 0.1) is 13.8 Å². The second-order valence-electron chi connectivity index (χ2n) is 8.74. The zero-order valence-corrected chi connectivity index (χ0v) is 17.8. The molecular formula is C25H32N2O. The number of nitrogens with zero attached hydrogens (tertiary/aromatic N) is 2. The fourth-order valence-electron chi connectivity index (χ4n) is 3.61. The molecule has 3 heteroatoms. The van der Waals surface area contributed by atoms with Gasteiger partial charge in [-0.05, 0) is 53.7 Å². The molecule has 3 rings (SSSR count). The first-order valence-corrected chi connectivity index (χ1v) is 10.1. The van der Waals surface area contributed by atoms with Crippen LogP contribution in [0.25, 0.3) is 6.08 Å². The third kappa shape index (κ3) is 4.64. The molecule has 0 spiro atoms. The number of benzene rings is 2. The fraction of sp³-hybridized carbons (Fsp3) is 0.400. The number of carbonyl (C=O) groups excluding carboxylic acids is 1. The van der Waals surface area contributed by atoms with E-state index in [1.165, 1.54) is 22.4 Å². The Labute approximate surface area is 169 Å². The van der Waals surface area contributed by atoms with Gasteiger partial charge in [0.25, 0.3) is 0 Å². The molecule has 0 aromatic heterocycles. The van der Waals surface area contributed by atoms with E-state index >= 15 is 0 Å². The van der Waals surface area contributed by atoms with Gasteiger partial charge in [-0.15, -0.1) is 0 Å². The summed E-state index contributed by atoms with van der Waals surface area (Å²) in [7, 11) is 0. The van der Waals surface area contributed by atoms with Gasteiger partial charge < -0.3 is 9.80 Å². The monoisotopic (exact) mass is 376 g/mol. The van der Waals surface area contributed by atoms with E-state index in [1.54, 1.807) is 6.08 Å². The van der Waals surface area contributed by atoms with Gasteiger partial charge >= 0.3 is 0 Å². The van der Waals surface area contributed by atoms with E-state index in [2.05, 4.69) is 82.0 Å². The van der Waals surface area contributed by atoms with Gasteiger partial charge in [-0.1, -0.05) is 57.2 Å². The average molecular weight is 377 g/mol. The van der Waals surface area contributed by atoms with E-state index < -0.39 is 0 Å².